The van der Waals surface area contributed by atoms with Gasteiger partial charge in [-0.2, -0.15) is 15.3 Å². The summed E-state index contributed by atoms with van der Waals surface area (Å²) in [4.78, 5) is 16.3. The van der Waals surface area contributed by atoms with Gasteiger partial charge in [0.1, 0.15) is 0 Å². The van der Waals surface area contributed by atoms with Crippen molar-refractivity contribution in [3.8, 4) is 34.5 Å². The van der Waals surface area contributed by atoms with Gasteiger partial charge in [-0.3, -0.25) is 9.08 Å². The quantitative estimate of drug-likeness (QED) is 0.379. The van der Waals surface area contributed by atoms with Gasteiger partial charge in [-0.1, -0.05) is 18.6 Å². The number of methoxy groups -OCH3 is 1. The van der Waals surface area contributed by atoms with Gasteiger partial charge in [-0.05, 0) is 51.2 Å². The Morgan fingerprint density at radius 3 is 2.39 bits per heavy atom. The summed E-state index contributed by atoms with van der Waals surface area (Å²) in [6.45, 7) is 2.64. The summed E-state index contributed by atoms with van der Waals surface area (Å²) < 4.78 is 9.02. The Balaban J connectivity index is 0.000000330. The molecule has 0 bridgehead atoms. The highest BCUT2D eigenvalue weighted by Crippen LogP contribution is 2.36. The number of likely N-dealkylation sites (tertiary alicyclic amines) is 1. The average molecular weight is 481 g/mol. The molecule has 1 aromatic carbocycles. The largest absolute Gasteiger partial charge is 0.468 e. The number of aromatic nitrogens is 6. The fourth-order valence-corrected chi connectivity index (χ4v) is 4.51. The van der Waals surface area contributed by atoms with E-state index in [1.807, 2.05) is 31.4 Å². The number of pyridine rings is 1. The molecule has 1 saturated heterocycles. The molecule has 36 heavy (non-hydrogen) atoms. The molecule has 0 amide bonds. The Morgan fingerprint density at radius 2 is 1.72 bits per heavy atom. The molecule has 4 aromatic heterocycles. The van der Waals surface area contributed by atoms with Crippen molar-refractivity contribution in [2.45, 2.75) is 19.3 Å². The summed E-state index contributed by atoms with van der Waals surface area (Å²) in [7, 11) is 5.63. The molecular formula is C27H28N8O. The van der Waals surface area contributed by atoms with Crippen LogP contribution in [0.3, 0.4) is 0 Å². The van der Waals surface area contributed by atoms with Gasteiger partial charge in [-0.25, -0.2) is 9.97 Å². The average Bonchev–Trinajstić information content (AvgIpc) is 3.55. The maximum absolute atomic E-state index is 9.11. The molecule has 0 atom stereocenters. The molecule has 5 heterocycles. The third kappa shape index (κ3) is 4.51. The monoisotopic (exact) mass is 480 g/mol. The zero-order valence-electron chi connectivity index (χ0n) is 20.7. The van der Waals surface area contributed by atoms with Gasteiger partial charge in [0.15, 0.2) is 11.3 Å². The van der Waals surface area contributed by atoms with Crippen LogP contribution in [0.4, 0.5) is 0 Å². The summed E-state index contributed by atoms with van der Waals surface area (Å²) in [6, 6.07) is 11.9. The Morgan fingerprint density at radius 1 is 0.944 bits per heavy atom. The lowest BCUT2D eigenvalue weighted by molar-refractivity contribution is 0.277. The molecular weight excluding hydrogens is 452 g/mol. The minimum absolute atomic E-state index is 0.427. The first kappa shape index (κ1) is 23.5. The number of nitrogens with zero attached hydrogens (tertiary/aromatic N) is 8. The maximum atomic E-state index is 9.11. The molecule has 9 nitrogen and oxygen atoms in total. The van der Waals surface area contributed by atoms with Crippen LogP contribution in [0, 0.1) is 11.3 Å². The van der Waals surface area contributed by atoms with Gasteiger partial charge in [0.25, 0.3) is 0 Å². The molecule has 182 valence electrons. The topological polar surface area (TPSA) is 97.2 Å². The standard InChI is InChI=1S/C21H15N7O.C6H13N/c1-27-19-16(12-25-27)9-15(11-24-19)17-18(14-5-3-13(10-22)4-6-14)26-21(29-2)28-8-7-23-20(17)28;1-7-5-3-2-4-6-7/h3-9,11-12H,1-2H3;2-6H2,1H3. The molecule has 0 aliphatic carbocycles. The summed E-state index contributed by atoms with van der Waals surface area (Å²) >= 11 is 0. The number of aryl methyl sites for hydroxylation is 1. The smallest absolute Gasteiger partial charge is 0.302 e. The van der Waals surface area contributed by atoms with Crippen LogP contribution in [-0.2, 0) is 7.05 Å². The third-order valence-corrected chi connectivity index (χ3v) is 6.42. The molecule has 1 aliphatic heterocycles. The summed E-state index contributed by atoms with van der Waals surface area (Å²) in [5, 5.41) is 14.3. The number of rotatable bonds is 3. The fraction of sp³-hybridized carbons (Fsp3) is 0.296. The number of piperidine rings is 1. The lowest BCUT2D eigenvalue weighted by Gasteiger charge is -2.20. The van der Waals surface area contributed by atoms with Crippen molar-refractivity contribution in [1.29, 1.82) is 5.26 Å². The van der Waals surface area contributed by atoms with E-state index in [0.29, 0.717) is 22.9 Å². The van der Waals surface area contributed by atoms with Gasteiger partial charge >= 0.3 is 6.01 Å². The third-order valence-electron chi connectivity index (χ3n) is 6.42. The molecule has 6 rings (SSSR count). The van der Waals surface area contributed by atoms with E-state index in [-0.39, 0.29) is 0 Å². The second kappa shape index (κ2) is 10.1. The van der Waals surface area contributed by atoms with Crippen molar-refractivity contribution in [3.63, 3.8) is 0 Å². The van der Waals surface area contributed by atoms with Crippen LogP contribution in [0.2, 0.25) is 0 Å². The fourth-order valence-electron chi connectivity index (χ4n) is 4.51. The lowest BCUT2D eigenvalue weighted by Crippen LogP contribution is -2.24. The molecule has 1 fully saturated rings. The van der Waals surface area contributed by atoms with Gasteiger partial charge in [0, 0.05) is 42.2 Å². The minimum atomic E-state index is 0.427. The molecule has 0 saturated carbocycles. The van der Waals surface area contributed by atoms with Crippen LogP contribution in [0.5, 0.6) is 6.01 Å². The van der Waals surface area contributed by atoms with Crippen molar-refractivity contribution in [2.75, 3.05) is 27.2 Å². The summed E-state index contributed by atoms with van der Waals surface area (Å²) in [5.41, 5.74) is 5.36. The number of ether oxygens (including phenoxy) is 1. The van der Waals surface area contributed by atoms with Crippen LogP contribution in [0.25, 0.3) is 39.1 Å². The highest BCUT2D eigenvalue weighted by molar-refractivity contribution is 5.93. The first-order chi connectivity index (χ1) is 17.6. The number of imidazole rings is 1. The van der Waals surface area contributed by atoms with Crippen molar-refractivity contribution in [1.82, 2.24) is 34.0 Å². The van der Waals surface area contributed by atoms with E-state index in [9.17, 15) is 0 Å². The predicted octanol–water partition coefficient (Wildman–Crippen LogP) is 4.33. The number of hydrogen-bond acceptors (Lipinski definition) is 7. The van der Waals surface area contributed by atoms with E-state index >= 15 is 0 Å². The molecule has 5 aromatic rings. The first-order valence-corrected chi connectivity index (χ1v) is 12.0. The molecule has 9 heteroatoms. The SMILES string of the molecule is CN1CCCCC1.COc1nc(-c2ccc(C#N)cc2)c(-c2cnc3c(cnn3C)c2)c2nccn12. The molecule has 1 aliphatic rings. The van der Waals surface area contributed by atoms with E-state index in [2.05, 4.69) is 33.1 Å². The number of hydrogen-bond donors (Lipinski definition) is 0. The summed E-state index contributed by atoms with van der Waals surface area (Å²) in [5.74, 6) is 0. The Kier molecular flexibility index (Phi) is 6.60. The zero-order chi connectivity index (χ0) is 25.1. The Hall–Kier alpha value is -4.29. The van der Waals surface area contributed by atoms with E-state index in [1.54, 1.807) is 46.9 Å². The van der Waals surface area contributed by atoms with Gasteiger partial charge < -0.3 is 9.64 Å². The second-order valence-electron chi connectivity index (χ2n) is 8.90. The highest BCUT2D eigenvalue weighted by Gasteiger charge is 2.20. The first-order valence-electron chi connectivity index (χ1n) is 12.0. The molecule has 0 unspecified atom stereocenters. The van der Waals surface area contributed by atoms with E-state index < -0.39 is 0 Å². The van der Waals surface area contributed by atoms with Crippen molar-refractivity contribution in [3.05, 3.63) is 60.7 Å². The van der Waals surface area contributed by atoms with Crippen molar-refractivity contribution >= 4 is 16.7 Å². The van der Waals surface area contributed by atoms with Gasteiger partial charge in [-0.15, -0.1) is 0 Å². The maximum Gasteiger partial charge on any atom is 0.302 e. The van der Waals surface area contributed by atoms with E-state index in [1.165, 1.54) is 32.4 Å². The Labute approximate surface area is 209 Å². The number of benzene rings is 1. The Bertz CT molecular complexity index is 1540. The van der Waals surface area contributed by atoms with Crippen molar-refractivity contribution in [2.24, 2.45) is 7.05 Å². The number of nitriles is 1. The highest BCUT2D eigenvalue weighted by atomic mass is 16.5. The van der Waals surface area contributed by atoms with E-state index in [4.69, 9.17) is 15.0 Å². The van der Waals surface area contributed by atoms with E-state index in [0.717, 1.165) is 27.7 Å². The minimum Gasteiger partial charge on any atom is -0.468 e. The van der Waals surface area contributed by atoms with Crippen LogP contribution in [0.15, 0.2) is 55.1 Å². The lowest BCUT2D eigenvalue weighted by atomic mass is 10.00. The number of fused-ring (bicyclic) bond motifs is 2. The van der Waals surface area contributed by atoms with Crippen LogP contribution in [0.1, 0.15) is 24.8 Å². The molecule has 0 spiro atoms. The van der Waals surface area contributed by atoms with Crippen LogP contribution >= 0.6 is 0 Å². The van der Waals surface area contributed by atoms with Gasteiger partial charge in [0.05, 0.1) is 36.2 Å². The zero-order valence-corrected chi connectivity index (χ0v) is 20.7. The molecule has 0 N–H and O–H groups in total. The molecule has 0 radical (unpaired) electrons. The van der Waals surface area contributed by atoms with Crippen LogP contribution < -0.4 is 4.74 Å². The van der Waals surface area contributed by atoms with Crippen molar-refractivity contribution < 1.29 is 4.74 Å². The van der Waals surface area contributed by atoms with Gasteiger partial charge in [0.2, 0.25) is 0 Å². The second-order valence-corrected chi connectivity index (χ2v) is 8.90. The predicted molar refractivity (Wildman–Crippen MR) is 139 cm³/mol. The van der Waals surface area contributed by atoms with Crippen LogP contribution in [-0.4, -0.2) is 61.3 Å². The normalized spacial score (nSPS) is 13.8. The summed E-state index contributed by atoms with van der Waals surface area (Å²) in [6.07, 6.45) is 11.4.